The number of hydrogen-bond donors (Lipinski definition) is 1. The molecule has 0 bridgehead atoms. The van der Waals surface area contributed by atoms with Gasteiger partial charge in [-0.15, -0.1) is 0 Å². The molecule has 394 valence electrons. The predicted octanol–water partition coefficient (Wildman–Crippen LogP) is 17.2. The topological polar surface area (TPSA) is 79.3 Å². The highest BCUT2D eigenvalue weighted by Crippen LogP contribution is 2.27. The Morgan fingerprint density at radius 1 is 0.424 bits per heavy atom. The smallest absolute Gasteiger partial charge is 0.305 e. The van der Waals surface area contributed by atoms with Gasteiger partial charge in [-0.05, 0) is 110 Å². The van der Waals surface area contributed by atoms with Crippen LogP contribution in [0.5, 0.6) is 0 Å². The Balaban J connectivity index is 5.05. The Hall–Kier alpha value is -0.480. The lowest BCUT2D eigenvalue weighted by atomic mass is 9.96. The first-order valence-electron chi connectivity index (χ1n) is 28.9. The summed E-state index contributed by atoms with van der Waals surface area (Å²) in [7, 11) is 8.24. The summed E-state index contributed by atoms with van der Waals surface area (Å²) in [6.45, 7) is 14.6. The normalized spacial score (nSPS) is 13.7. The van der Waals surface area contributed by atoms with Crippen LogP contribution in [0.3, 0.4) is 0 Å². The summed E-state index contributed by atoms with van der Waals surface area (Å²) < 4.78 is 11.6. The number of carbonyl (C=O) groups is 2. The number of nitrogens with zero attached hydrogens (tertiary/aromatic N) is 2. The molecular weight excluding hydrogens is 857 g/mol. The maximum Gasteiger partial charge on any atom is 0.305 e. The second-order valence-corrected chi connectivity index (χ2v) is 23.1. The van der Waals surface area contributed by atoms with Crippen molar-refractivity contribution in [2.75, 3.05) is 51.9 Å². The molecule has 0 saturated heterocycles. The number of aliphatic hydroxyl groups is 1. The molecule has 0 aliphatic carbocycles. The van der Waals surface area contributed by atoms with Crippen molar-refractivity contribution in [1.82, 2.24) is 9.80 Å². The van der Waals surface area contributed by atoms with Crippen LogP contribution in [0, 0.1) is 11.8 Å². The van der Waals surface area contributed by atoms with Crippen molar-refractivity contribution in [3.63, 3.8) is 0 Å². The zero-order valence-electron chi connectivity index (χ0n) is 45.2. The number of ether oxygens (including phenoxy) is 2. The molecule has 0 amide bonds. The highest BCUT2D eigenvalue weighted by Gasteiger charge is 2.24. The highest BCUT2D eigenvalue weighted by atomic mass is 33.1. The van der Waals surface area contributed by atoms with Gasteiger partial charge in [0.25, 0.3) is 0 Å². The molecule has 0 aliphatic heterocycles. The molecular formula is C57H114N2O5S2. The summed E-state index contributed by atoms with van der Waals surface area (Å²) in [5.41, 5.74) is 0. The fourth-order valence-corrected chi connectivity index (χ4v) is 11.4. The lowest BCUT2D eigenvalue weighted by Gasteiger charge is -2.36. The standard InChI is InChI=1S/C57H114N2O5S2/c1-8-13-18-28-39-52(37-16-11-4)50-63-56(61)43-32-26-22-20-24-30-41-54(59(47-35-34-46-58(6)7)55(60)45-49-66-65-48-36-15-10-3)42-31-25-21-23-27-33-44-57(62)64-51-53(38-17-12-5)40-29-19-14-9-2/h52-55,60H,8-51H2,1-7H3. The fraction of sp³-hybridized carbons (Fsp3) is 0.965. The number of rotatable bonds is 53. The molecule has 0 saturated carbocycles. The van der Waals surface area contributed by atoms with E-state index in [0.717, 1.165) is 76.6 Å². The average molecular weight is 972 g/mol. The minimum Gasteiger partial charge on any atom is -0.465 e. The number of esters is 2. The molecule has 0 spiro atoms. The Labute approximate surface area is 420 Å². The molecule has 3 unspecified atom stereocenters. The predicted molar refractivity (Wildman–Crippen MR) is 293 cm³/mol. The van der Waals surface area contributed by atoms with Gasteiger partial charge in [0.1, 0.15) is 6.23 Å². The molecule has 66 heavy (non-hydrogen) atoms. The van der Waals surface area contributed by atoms with Gasteiger partial charge in [0.2, 0.25) is 0 Å². The third kappa shape index (κ3) is 43.5. The molecule has 1 N–H and O–H groups in total. The van der Waals surface area contributed by atoms with Gasteiger partial charge in [-0.1, -0.05) is 210 Å². The van der Waals surface area contributed by atoms with E-state index in [1.165, 1.54) is 179 Å². The summed E-state index contributed by atoms with van der Waals surface area (Å²) in [5.74, 6) is 3.26. The second-order valence-electron chi connectivity index (χ2n) is 20.4. The quantitative estimate of drug-likeness (QED) is 0.0277. The van der Waals surface area contributed by atoms with Crippen molar-refractivity contribution in [3.8, 4) is 0 Å². The number of aliphatic hydroxyl groups excluding tert-OH is 1. The summed E-state index contributed by atoms with van der Waals surface area (Å²) in [6, 6.07) is 0.409. The summed E-state index contributed by atoms with van der Waals surface area (Å²) in [5, 5.41) is 11.8. The molecule has 0 aromatic carbocycles. The minimum absolute atomic E-state index is 0.000168. The Kier molecular flexibility index (Phi) is 50.5. The zero-order valence-corrected chi connectivity index (χ0v) is 46.8. The monoisotopic (exact) mass is 971 g/mol. The van der Waals surface area contributed by atoms with Crippen LogP contribution in [0.15, 0.2) is 0 Å². The van der Waals surface area contributed by atoms with E-state index in [9.17, 15) is 14.7 Å². The zero-order chi connectivity index (χ0) is 48.6. The van der Waals surface area contributed by atoms with Crippen LogP contribution in [0.25, 0.3) is 0 Å². The van der Waals surface area contributed by atoms with Gasteiger partial charge >= 0.3 is 11.9 Å². The highest BCUT2D eigenvalue weighted by molar-refractivity contribution is 8.76. The van der Waals surface area contributed by atoms with Crippen LogP contribution in [0.2, 0.25) is 0 Å². The van der Waals surface area contributed by atoms with E-state index in [2.05, 4.69) is 58.5 Å². The van der Waals surface area contributed by atoms with E-state index in [4.69, 9.17) is 9.47 Å². The molecule has 0 aliphatic rings. The maximum absolute atomic E-state index is 12.6. The molecule has 9 heteroatoms. The molecule has 3 atom stereocenters. The van der Waals surface area contributed by atoms with E-state index in [-0.39, 0.29) is 18.2 Å². The molecule has 0 aromatic heterocycles. The van der Waals surface area contributed by atoms with Crippen LogP contribution in [0.4, 0.5) is 0 Å². The number of hydrogen-bond acceptors (Lipinski definition) is 9. The van der Waals surface area contributed by atoms with E-state index in [1.807, 2.05) is 21.6 Å². The number of carbonyl (C=O) groups excluding carboxylic acids is 2. The lowest BCUT2D eigenvalue weighted by Crippen LogP contribution is -2.44. The SMILES string of the molecule is CCCCCCC(CCCC)COC(=O)CCCCCCCCC(CCCCCCCCC(=O)OCC(CCCC)CCCCCC)N(CCCCN(C)C)C(O)CCSSCCCCC. The molecule has 0 radical (unpaired) electrons. The number of unbranched alkanes of at least 4 members (excludes halogenated alkanes) is 21. The largest absolute Gasteiger partial charge is 0.465 e. The molecule has 0 aromatic rings. The third-order valence-electron chi connectivity index (χ3n) is 13.7. The van der Waals surface area contributed by atoms with Gasteiger partial charge in [-0.25, -0.2) is 0 Å². The first-order valence-corrected chi connectivity index (χ1v) is 31.3. The van der Waals surface area contributed by atoms with Crippen LogP contribution in [-0.4, -0.2) is 91.0 Å². The summed E-state index contributed by atoms with van der Waals surface area (Å²) >= 11 is 0. The van der Waals surface area contributed by atoms with Crippen molar-refractivity contribution in [2.45, 2.75) is 291 Å². The Bertz CT molecular complexity index is 965. The second kappa shape index (κ2) is 50.9. The summed E-state index contributed by atoms with van der Waals surface area (Å²) in [6.07, 6.45) is 43.5. The van der Waals surface area contributed by atoms with Crippen LogP contribution >= 0.6 is 21.6 Å². The van der Waals surface area contributed by atoms with Gasteiger partial charge in [-0.2, -0.15) is 0 Å². The van der Waals surface area contributed by atoms with E-state index in [1.54, 1.807) is 0 Å². The van der Waals surface area contributed by atoms with Crippen molar-refractivity contribution in [1.29, 1.82) is 0 Å². The first-order chi connectivity index (χ1) is 32.2. The van der Waals surface area contributed by atoms with Crippen molar-refractivity contribution in [3.05, 3.63) is 0 Å². The average Bonchev–Trinajstić information content (AvgIpc) is 3.31. The van der Waals surface area contributed by atoms with E-state index in [0.29, 0.717) is 43.9 Å². The molecule has 7 nitrogen and oxygen atoms in total. The molecule has 0 fully saturated rings. The Morgan fingerprint density at radius 3 is 1.27 bits per heavy atom. The van der Waals surface area contributed by atoms with E-state index < -0.39 is 0 Å². The van der Waals surface area contributed by atoms with Gasteiger partial charge in [0, 0.05) is 36.9 Å². The van der Waals surface area contributed by atoms with Crippen molar-refractivity contribution >= 4 is 33.5 Å². The van der Waals surface area contributed by atoms with Crippen LogP contribution < -0.4 is 0 Å². The Morgan fingerprint density at radius 2 is 0.803 bits per heavy atom. The third-order valence-corrected chi connectivity index (χ3v) is 16.2. The maximum atomic E-state index is 12.6. The van der Waals surface area contributed by atoms with E-state index >= 15 is 0 Å². The summed E-state index contributed by atoms with van der Waals surface area (Å²) in [4.78, 5) is 30.0. The van der Waals surface area contributed by atoms with Gasteiger partial charge in [-0.3, -0.25) is 14.5 Å². The van der Waals surface area contributed by atoms with Crippen LogP contribution in [-0.2, 0) is 19.1 Å². The van der Waals surface area contributed by atoms with Gasteiger partial charge in [0.05, 0.1) is 13.2 Å². The van der Waals surface area contributed by atoms with Gasteiger partial charge in [0.15, 0.2) is 0 Å². The molecule has 0 rings (SSSR count). The lowest BCUT2D eigenvalue weighted by molar-refractivity contribution is -0.146. The van der Waals surface area contributed by atoms with Crippen molar-refractivity contribution in [2.24, 2.45) is 11.8 Å². The van der Waals surface area contributed by atoms with Crippen molar-refractivity contribution < 1.29 is 24.2 Å². The minimum atomic E-state index is -0.386. The molecule has 0 heterocycles. The first kappa shape index (κ1) is 65.5. The van der Waals surface area contributed by atoms with Crippen LogP contribution in [0.1, 0.15) is 279 Å². The van der Waals surface area contributed by atoms with Gasteiger partial charge < -0.3 is 19.5 Å². The fourth-order valence-electron chi connectivity index (χ4n) is 9.23.